The van der Waals surface area contributed by atoms with Gasteiger partial charge in [-0.25, -0.2) is 0 Å². The molecule has 0 N–H and O–H groups in total. The van der Waals surface area contributed by atoms with E-state index in [0.717, 1.165) is 31.7 Å². The van der Waals surface area contributed by atoms with Gasteiger partial charge in [-0.05, 0) is 37.6 Å². The number of hydrogen-bond acceptors (Lipinski definition) is 4. The minimum Gasteiger partial charge on any atom is -0.427 e. The van der Waals surface area contributed by atoms with E-state index >= 15 is 0 Å². The van der Waals surface area contributed by atoms with E-state index in [2.05, 4.69) is 18.0 Å². The highest BCUT2D eigenvalue weighted by molar-refractivity contribution is 5.69. The second kappa shape index (κ2) is 6.39. The van der Waals surface area contributed by atoms with E-state index in [4.69, 9.17) is 9.47 Å². The van der Waals surface area contributed by atoms with Gasteiger partial charge in [0.2, 0.25) is 0 Å². The quantitative estimate of drug-likeness (QED) is 0.622. The molecule has 0 aromatic heterocycles. The summed E-state index contributed by atoms with van der Waals surface area (Å²) in [6.07, 6.45) is 4.71. The number of carbonyl (C=O) groups is 1. The molecule has 1 heterocycles. The van der Waals surface area contributed by atoms with Gasteiger partial charge in [0.1, 0.15) is 5.75 Å². The van der Waals surface area contributed by atoms with Crippen LogP contribution in [0.2, 0.25) is 0 Å². The fourth-order valence-corrected chi connectivity index (χ4v) is 3.95. The zero-order chi connectivity index (χ0) is 15.6. The Balaban J connectivity index is 1.96. The molecule has 3 rings (SSSR count). The maximum absolute atomic E-state index is 11.2. The van der Waals surface area contributed by atoms with Crippen molar-refractivity contribution >= 4 is 5.97 Å². The molecule has 1 saturated heterocycles. The first-order chi connectivity index (χ1) is 10.6. The van der Waals surface area contributed by atoms with Gasteiger partial charge >= 0.3 is 5.97 Å². The number of benzene rings is 1. The number of rotatable bonds is 2. The first-order valence-corrected chi connectivity index (χ1v) is 8.21. The van der Waals surface area contributed by atoms with Crippen LogP contribution in [0.25, 0.3) is 0 Å². The Bertz CT molecular complexity index is 545. The van der Waals surface area contributed by atoms with Gasteiger partial charge in [0.25, 0.3) is 0 Å². The number of likely N-dealkylation sites (N-methyl/N-ethyl adjacent to an activating group) is 1. The number of esters is 1. The van der Waals surface area contributed by atoms with Gasteiger partial charge in [0.15, 0.2) is 0 Å². The molecule has 2 fully saturated rings. The van der Waals surface area contributed by atoms with Crippen LogP contribution < -0.4 is 4.74 Å². The molecule has 2 atom stereocenters. The molecule has 0 radical (unpaired) electrons. The lowest BCUT2D eigenvalue weighted by atomic mass is 9.71. The zero-order valence-corrected chi connectivity index (χ0v) is 13.5. The Hall–Kier alpha value is -1.39. The van der Waals surface area contributed by atoms with Crippen molar-refractivity contribution in [1.29, 1.82) is 0 Å². The van der Waals surface area contributed by atoms with Crippen molar-refractivity contribution < 1.29 is 14.3 Å². The van der Waals surface area contributed by atoms with Crippen LogP contribution in [0.15, 0.2) is 24.3 Å². The lowest BCUT2D eigenvalue weighted by Gasteiger charge is -2.43. The largest absolute Gasteiger partial charge is 0.427 e. The van der Waals surface area contributed by atoms with Crippen molar-refractivity contribution in [3.05, 3.63) is 29.8 Å². The van der Waals surface area contributed by atoms with Gasteiger partial charge in [-0.3, -0.25) is 4.79 Å². The standard InChI is InChI=1S/C18H25NO3/c1-14(20)22-17-8-5-7-15(12-17)18-9-4-3-6-16(18)13-19(2)10-11-21-18/h5,7-8,12,16H,3-4,6,9-11,13H2,1-2H3. The van der Waals surface area contributed by atoms with Crippen LogP contribution in [0, 0.1) is 5.92 Å². The predicted molar refractivity (Wildman–Crippen MR) is 84.8 cm³/mol. The lowest BCUT2D eigenvalue weighted by molar-refractivity contribution is -0.132. The summed E-state index contributed by atoms with van der Waals surface area (Å²) in [5.74, 6) is 0.836. The zero-order valence-electron chi connectivity index (χ0n) is 13.5. The molecule has 0 spiro atoms. The highest BCUT2D eigenvalue weighted by Crippen LogP contribution is 2.46. The molecule has 0 amide bonds. The summed E-state index contributed by atoms with van der Waals surface area (Å²) in [6, 6.07) is 7.91. The number of hydrogen-bond donors (Lipinski definition) is 0. The normalized spacial score (nSPS) is 29.5. The molecular formula is C18H25NO3. The summed E-state index contributed by atoms with van der Waals surface area (Å²) in [7, 11) is 2.17. The van der Waals surface area contributed by atoms with Gasteiger partial charge in [0, 0.05) is 25.9 Å². The van der Waals surface area contributed by atoms with Gasteiger partial charge < -0.3 is 14.4 Å². The Morgan fingerprint density at radius 2 is 2.27 bits per heavy atom. The second-order valence-corrected chi connectivity index (χ2v) is 6.56. The van der Waals surface area contributed by atoms with E-state index in [-0.39, 0.29) is 11.6 Å². The maximum Gasteiger partial charge on any atom is 0.308 e. The molecule has 4 heteroatoms. The monoisotopic (exact) mass is 303 g/mol. The molecule has 1 saturated carbocycles. The minimum atomic E-state index is -0.281. The van der Waals surface area contributed by atoms with Gasteiger partial charge in [-0.15, -0.1) is 0 Å². The van der Waals surface area contributed by atoms with Crippen LogP contribution in [0.4, 0.5) is 0 Å². The predicted octanol–water partition coefficient (Wildman–Crippen LogP) is 2.96. The topological polar surface area (TPSA) is 38.8 Å². The molecule has 0 bridgehead atoms. The van der Waals surface area contributed by atoms with Crippen LogP contribution in [0.1, 0.15) is 38.2 Å². The summed E-state index contributed by atoms with van der Waals surface area (Å²) in [5, 5.41) is 0. The molecule has 22 heavy (non-hydrogen) atoms. The van der Waals surface area contributed by atoms with Crippen LogP contribution in [0.3, 0.4) is 0 Å². The van der Waals surface area contributed by atoms with Crippen molar-refractivity contribution in [2.75, 3.05) is 26.7 Å². The number of nitrogens with zero attached hydrogens (tertiary/aromatic N) is 1. The Kier molecular flexibility index (Phi) is 4.50. The highest BCUT2D eigenvalue weighted by atomic mass is 16.5. The number of ether oxygens (including phenoxy) is 2. The van der Waals surface area contributed by atoms with Crippen LogP contribution >= 0.6 is 0 Å². The van der Waals surface area contributed by atoms with E-state index in [9.17, 15) is 4.79 Å². The van der Waals surface area contributed by atoms with Crippen LogP contribution in [0.5, 0.6) is 5.75 Å². The van der Waals surface area contributed by atoms with E-state index in [1.54, 1.807) is 0 Å². The summed E-state index contributed by atoms with van der Waals surface area (Å²) in [5.41, 5.74) is 0.936. The third kappa shape index (κ3) is 3.03. The summed E-state index contributed by atoms with van der Waals surface area (Å²) in [6.45, 7) is 4.23. The molecule has 1 aromatic rings. The number of fused-ring (bicyclic) bond motifs is 1. The van der Waals surface area contributed by atoms with E-state index < -0.39 is 0 Å². The highest BCUT2D eigenvalue weighted by Gasteiger charge is 2.45. The molecule has 4 nitrogen and oxygen atoms in total. The van der Waals surface area contributed by atoms with Gasteiger partial charge in [-0.1, -0.05) is 25.0 Å². The molecular weight excluding hydrogens is 278 g/mol. The van der Waals surface area contributed by atoms with Crippen molar-refractivity contribution in [2.24, 2.45) is 5.92 Å². The third-order valence-corrected chi connectivity index (χ3v) is 4.96. The lowest BCUT2D eigenvalue weighted by Crippen LogP contribution is -2.42. The van der Waals surface area contributed by atoms with Gasteiger partial charge in [-0.2, -0.15) is 0 Å². The van der Waals surface area contributed by atoms with E-state index in [1.165, 1.54) is 26.2 Å². The first kappa shape index (κ1) is 15.5. The molecule has 2 aliphatic rings. The Morgan fingerprint density at radius 3 is 3.09 bits per heavy atom. The SMILES string of the molecule is CC(=O)Oc1cccc(C23CCCCC2CN(C)CCO3)c1. The fraction of sp³-hybridized carbons (Fsp3) is 0.611. The maximum atomic E-state index is 11.2. The van der Waals surface area contributed by atoms with Crippen molar-refractivity contribution in [3.8, 4) is 5.75 Å². The number of carbonyl (C=O) groups excluding carboxylic acids is 1. The second-order valence-electron chi connectivity index (χ2n) is 6.56. The van der Waals surface area contributed by atoms with Crippen LogP contribution in [-0.4, -0.2) is 37.6 Å². The van der Waals surface area contributed by atoms with E-state index in [0.29, 0.717) is 11.7 Å². The van der Waals surface area contributed by atoms with E-state index in [1.807, 2.05) is 18.2 Å². The van der Waals surface area contributed by atoms with Crippen LogP contribution in [-0.2, 0) is 15.1 Å². The average molecular weight is 303 g/mol. The molecule has 120 valence electrons. The summed E-state index contributed by atoms with van der Waals surface area (Å²) in [4.78, 5) is 13.6. The minimum absolute atomic E-state index is 0.223. The first-order valence-electron chi connectivity index (χ1n) is 8.21. The van der Waals surface area contributed by atoms with Gasteiger partial charge in [0.05, 0.1) is 12.2 Å². The van der Waals surface area contributed by atoms with Crippen molar-refractivity contribution in [3.63, 3.8) is 0 Å². The molecule has 1 aromatic carbocycles. The average Bonchev–Trinajstić information content (AvgIpc) is 2.65. The fourth-order valence-electron chi connectivity index (χ4n) is 3.95. The smallest absolute Gasteiger partial charge is 0.308 e. The summed E-state index contributed by atoms with van der Waals surface area (Å²) < 4.78 is 11.7. The Labute approximate surface area is 132 Å². The van der Waals surface area contributed by atoms with Crippen molar-refractivity contribution in [2.45, 2.75) is 38.2 Å². The molecule has 1 aliphatic heterocycles. The van der Waals surface area contributed by atoms with Crippen molar-refractivity contribution in [1.82, 2.24) is 4.90 Å². The summed E-state index contributed by atoms with van der Waals surface area (Å²) >= 11 is 0. The molecule has 1 aliphatic carbocycles. The molecule has 2 unspecified atom stereocenters. The Morgan fingerprint density at radius 1 is 1.41 bits per heavy atom. The third-order valence-electron chi connectivity index (χ3n) is 4.96.